The fourth-order valence-electron chi connectivity index (χ4n) is 3.96. The van der Waals surface area contributed by atoms with E-state index < -0.39 is 12.0 Å². The van der Waals surface area contributed by atoms with Crippen LogP contribution < -0.4 is 15.4 Å². The molecule has 1 aromatic carbocycles. The predicted molar refractivity (Wildman–Crippen MR) is 126 cm³/mol. The molecule has 2 amide bonds. The van der Waals surface area contributed by atoms with Gasteiger partial charge in [0.25, 0.3) is 0 Å². The second-order valence-corrected chi connectivity index (χ2v) is 7.98. The van der Waals surface area contributed by atoms with Crippen LogP contribution in [0.15, 0.2) is 41.7 Å². The molecule has 0 aliphatic carbocycles. The molecule has 0 bridgehead atoms. The minimum atomic E-state index is -0.683. The number of hydrogen-bond acceptors (Lipinski definition) is 7. The molecule has 1 aliphatic heterocycles. The number of carbonyl (C=O) groups excluding carboxylic acids is 2. The zero-order valence-electron chi connectivity index (χ0n) is 20.4. The van der Waals surface area contributed by atoms with Gasteiger partial charge in [0, 0.05) is 44.2 Å². The second-order valence-electron chi connectivity index (χ2n) is 7.98. The van der Waals surface area contributed by atoms with Crippen molar-refractivity contribution in [3.63, 3.8) is 0 Å². The summed E-state index contributed by atoms with van der Waals surface area (Å²) in [6.45, 7) is 6.00. The fourth-order valence-corrected chi connectivity index (χ4v) is 3.96. The van der Waals surface area contributed by atoms with Crippen LogP contribution in [0.5, 0.6) is 5.75 Å². The van der Waals surface area contributed by atoms with E-state index in [9.17, 15) is 9.59 Å². The first kappa shape index (κ1) is 25.3. The van der Waals surface area contributed by atoms with Crippen molar-refractivity contribution in [3.8, 4) is 5.75 Å². The molecule has 2 N–H and O–H groups in total. The number of hydrogen-bond donors (Lipinski definition) is 2. The zero-order valence-corrected chi connectivity index (χ0v) is 20.4. The minimum Gasteiger partial charge on any atom is -0.496 e. The van der Waals surface area contributed by atoms with Gasteiger partial charge in [-0.15, -0.1) is 0 Å². The number of nitrogens with zero attached hydrogens (tertiary/aromatic N) is 3. The van der Waals surface area contributed by atoms with Crippen molar-refractivity contribution >= 4 is 12.0 Å². The smallest absolute Gasteiger partial charge is 0.338 e. The molecular formula is C24H33N5O5. The standard InChI is InChI=1S/C24H33N5O5/c1-6-29-11-10-18(27-29)13-28(3)14-19-21(23(30)34-7-2)22(26-24(31)25-19)16-8-9-20(33-5)17(12-16)15-32-4/h8-12,22H,6-7,13-15H2,1-5H3,(H2,25,26,31). The quantitative estimate of drug-likeness (QED) is 0.485. The van der Waals surface area contributed by atoms with Crippen molar-refractivity contribution in [3.05, 3.63) is 58.6 Å². The van der Waals surface area contributed by atoms with Gasteiger partial charge in [-0.2, -0.15) is 5.10 Å². The molecule has 2 aromatic rings. The number of likely N-dealkylation sites (N-methyl/N-ethyl adjacent to an activating group) is 1. The van der Waals surface area contributed by atoms with Crippen molar-refractivity contribution < 1.29 is 23.8 Å². The van der Waals surface area contributed by atoms with Crippen molar-refractivity contribution in [2.45, 2.75) is 39.6 Å². The highest BCUT2D eigenvalue weighted by molar-refractivity contribution is 5.95. The summed E-state index contributed by atoms with van der Waals surface area (Å²) in [6, 6.07) is 6.39. The lowest BCUT2D eigenvalue weighted by Crippen LogP contribution is -2.48. The molecule has 1 unspecified atom stereocenters. The first-order valence-electron chi connectivity index (χ1n) is 11.2. The molecule has 3 rings (SSSR count). The number of ether oxygens (including phenoxy) is 3. The highest BCUT2D eigenvalue weighted by atomic mass is 16.5. The maximum Gasteiger partial charge on any atom is 0.338 e. The fraction of sp³-hybridized carbons (Fsp3) is 0.458. The van der Waals surface area contributed by atoms with Gasteiger partial charge in [-0.05, 0) is 44.7 Å². The van der Waals surface area contributed by atoms with E-state index >= 15 is 0 Å². The number of nitrogens with one attached hydrogen (secondary N) is 2. The topological polar surface area (TPSA) is 107 Å². The molecule has 10 nitrogen and oxygen atoms in total. The van der Waals surface area contributed by atoms with Crippen LogP contribution in [-0.2, 0) is 34.0 Å². The first-order valence-corrected chi connectivity index (χ1v) is 11.2. The molecule has 1 aliphatic rings. The largest absolute Gasteiger partial charge is 0.496 e. The molecule has 1 atom stereocenters. The van der Waals surface area contributed by atoms with E-state index in [-0.39, 0.29) is 12.6 Å². The van der Waals surface area contributed by atoms with E-state index in [0.29, 0.717) is 36.7 Å². The minimum absolute atomic E-state index is 0.220. The Morgan fingerprint density at radius 3 is 2.65 bits per heavy atom. The number of carbonyl (C=O) groups is 2. The number of rotatable bonds is 11. The molecule has 0 spiro atoms. The number of aryl methyl sites for hydroxylation is 1. The highest BCUT2D eigenvalue weighted by Gasteiger charge is 2.34. The van der Waals surface area contributed by atoms with Crippen LogP contribution >= 0.6 is 0 Å². The molecule has 10 heteroatoms. The Hall–Kier alpha value is -3.37. The molecule has 34 heavy (non-hydrogen) atoms. The van der Waals surface area contributed by atoms with Crippen LogP contribution in [0.25, 0.3) is 0 Å². The maximum atomic E-state index is 13.1. The van der Waals surface area contributed by atoms with E-state index in [0.717, 1.165) is 23.4 Å². The number of aromatic nitrogens is 2. The van der Waals surface area contributed by atoms with Crippen molar-refractivity contribution in [2.75, 3.05) is 34.4 Å². The number of esters is 1. The van der Waals surface area contributed by atoms with Gasteiger partial charge in [-0.25, -0.2) is 9.59 Å². The van der Waals surface area contributed by atoms with Crippen molar-refractivity contribution in [1.82, 2.24) is 25.3 Å². The van der Waals surface area contributed by atoms with Gasteiger partial charge in [0.1, 0.15) is 5.75 Å². The van der Waals surface area contributed by atoms with Gasteiger partial charge < -0.3 is 24.8 Å². The molecule has 1 aromatic heterocycles. The Labute approximate surface area is 199 Å². The van der Waals surface area contributed by atoms with E-state index in [1.54, 1.807) is 27.2 Å². The van der Waals surface area contributed by atoms with Gasteiger partial charge in [0.05, 0.1) is 37.6 Å². The Kier molecular flexibility index (Phi) is 8.67. The van der Waals surface area contributed by atoms with Gasteiger partial charge in [-0.3, -0.25) is 9.58 Å². The summed E-state index contributed by atoms with van der Waals surface area (Å²) in [7, 11) is 5.09. The Morgan fingerprint density at radius 2 is 2.00 bits per heavy atom. The summed E-state index contributed by atoms with van der Waals surface area (Å²) < 4.78 is 17.9. The van der Waals surface area contributed by atoms with Crippen LogP contribution in [0.1, 0.15) is 36.7 Å². The third-order valence-corrected chi connectivity index (χ3v) is 5.47. The van der Waals surface area contributed by atoms with Crippen LogP contribution in [0.3, 0.4) is 0 Å². The summed E-state index contributed by atoms with van der Waals surface area (Å²) in [4.78, 5) is 27.7. The molecule has 0 saturated heterocycles. The lowest BCUT2D eigenvalue weighted by Gasteiger charge is -2.31. The van der Waals surface area contributed by atoms with Gasteiger partial charge in [0.15, 0.2) is 0 Å². The summed E-state index contributed by atoms with van der Waals surface area (Å²) in [6.07, 6.45) is 1.93. The molecule has 2 heterocycles. The van der Waals surface area contributed by atoms with Crippen LogP contribution in [0.4, 0.5) is 4.79 Å². The number of methoxy groups -OCH3 is 2. The maximum absolute atomic E-state index is 13.1. The Morgan fingerprint density at radius 1 is 1.21 bits per heavy atom. The average molecular weight is 472 g/mol. The van der Waals surface area contributed by atoms with Crippen molar-refractivity contribution in [1.29, 1.82) is 0 Å². The van der Waals surface area contributed by atoms with Crippen LogP contribution in [0, 0.1) is 0 Å². The summed E-state index contributed by atoms with van der Waals surface area (Å²) in [5.41, 5.74) is 3.30. The number of urea groups is 1. The summed E-state index contributed by atoms with van der Waals surface area (Å²) in [5, 5.41) is 10.2. The van der Waals surface area contributed by atoms with Crippen LogP contribution in [-0.4, -0.2) is 61.1 Å². The molecule has 0 fully saturated rings. The first-order chi connectivity index (χ1) is 16.4. The highest BCUT2D eigenvalue weighted by Crippen LogP contribution is 2.31. The summed E-state index contributed by atoms with van der Waals surface area (Å²) >= 11 is 0. The van der Waals surface area contributed by atoms with Crippen molar-refractivity contribution in [2.24, 2.45) is 0 Å². The lowest BCUT2D eigenvalue weighted by atomic mass is 9.93. The zero-order chi connectivity index (χ0) is 24.7. The number of amides is 2. The average Bonchev–Trinajstić information content (AvgIpc) is 3.26. The Balaban J connectivity index is 1.96. The van der Waals surface area contributed by atoms with Gasteiger partial charge in [-0.1, -0.05) is 6.07 Å². The SMILES string of the molecule is CCOC(=O)C1=C(CN(C)Cc2ccn(CC)n2)NC(=O)NC1c1ccc(OC)c(COC)c1. The molecule has 0 radical (unpaired) electrons. The molecular weight excluding hydrogens is 438 g/mol. The third-order valence-electron chi connectivity index (χ3n) is 5.47. The molecule has 184 valence electrons. The van der Waals surface area contributed by atoms with E-state index in [1.807, 2.05) is 47.9 Å². The van der Waals surface area contributed by atoms with Gasteiger partial charge >= 0.3 is 12.0 Å². The van der Waals surface area contributed by atoms with E-state index in [2.05, 4.69) is 15.7 Å². The predicted octanol–water partition coefficient (Wildman–Crippen LogP) is 2.36. The Bertz CT molecular complexity index is 1050. The monoisotopic (exact) mass is 471 g/mol. The van der Waals surface area contributed by atoms with Gasteiger partial charge in [0.2, 0.25) is 0 Å². The third kappa shape index (κ3) is 5.95. The summed E-state index contributed by atoms with van der Waals surface area (Å²) in [5.74, 6) is 0.182. The van der Waals surface area contributed by atoms with E-state index in [1.165, 1.54) is 0 Å². The number of benzene rings is 1. The second kappa shape index (κ2) is 11.7. The van der Waals surface area contributed by atoms with E-state index in [4.69, 9.17) is 14.2 Å². The normalized spacial score (nSPS) is 15.8. The molecule has 0 saturated carbocycles. The van der Waals surface area contributed by atoms with Crippen LogP contribution in [0.2, 0.25) is 0 Å². The lowest BCUT2D eigenvalue weighted by molar-refractivity contribution is -0.139.